The van der Waals surface area contributed by atoms with Crippen molar-refractivity contribution in [2.45, 2.75) is 95.4 Å². The summed E-state index contributed by atoms with van der Waals surface area (Å²) in [5, 5.41) is 23.5. The van der Waals surface area contributed by atoms with Crippen molar-refractivity contribution >= 4 is 17.5 Å². The molecule has 6 aliphatic carbocycles. The number of carbonyl (C=O) groups is 3. The van der Waals surface area contributed by atoms with Crippen LogP contribution in [0.1, 0.15) is 76.6 Å². The first-order chi connectivity index (χ1) is 22.6. The summed E-state index contributed by atoms with van der Waals surface area (Å²) in [5.74, 6) is -2.35. The van der Waals surface area contributed by atoms with Crippen molar-refractivity contribution in [2.24, 2.45) is 50.7 Å². The van der Waals surface area contributed by atoms with Crippen LogP contribution in [0, 0.1) is 50.7 Å². The van der Waals surface area contributed by atoms with Crippen LogP contribution in [0.3, 0.4) is 0 Å². The first-order valence-corrected chi connectivity index (χ1v) is 17.7. The van der Waals surface area contributed by atoms with E-state index in [1.165, 1.54) is 7.11 Å². The van der Waals surface area contributed by atoms with E-state index in [-0.39, 0.29) is 59.1 Å². The summed E-state index contributed by atoms with van der Waals surface area (Å²) in [6.45, 7) is 8.32. The molecule has 4 saturated carbocycles. The molecule has 0 bridgehead atoms. The molecule has 9 heteroatoms. The molecule has 48 heavy (non-hydrogen) atoms. The molecule has 9 nitrogen and oxygen atoms in total. The maximum absolute atomic E-state index is 14.9. The Labute approximate surface area is 280 Å². The molecule has 0 amide bonds. The second-order valence-electron chi connectivity index (χ2n) is 17.7. The Morgan fingerprint density at radius 3 is 2.50 bits per heavy atom. The van der Waals surface area contributed by atoms with E-state index in [0.29, 0.717) is 24.2 Å². The molecule has 6 fully saturated rings. The molecule has 254 valence electrons. The number of para-hydroxylation sites is 1. The van der Waals surface area contributed by atoms with E-state index in [1.807, 2.05) is 24.3 Å². The van der Waals surface area contributed by atoms with Gasteiger partial charge in [0.05, 0.1) is 18.1 Å². The van der Waals surface area contributed by atoms with Gasteiger partial charge < -0.3 is 29.2 Å². The second-order valence-corrected chi connectivity index (χ2v) is 17.7. The molecule has 2 saturated heterocycles. The number of aliphatic hydroxyl groups is 2. The van der Waals surface area contributed by atoms with E-state index in [9.17, 15) is 24.6 Å². The Bertz CT molecular complexity index is 1820. The van der Waals surface area contributed by atoms with Crippen molar-refractivity contribution in [3.8, 4) is 5.75 Å². The SMILES string of the molecule is CO[C@@]1(C)CO[C@@]2(C[C@@H]([C@H]3CC[C@]45C[C@]34C=C[C@@H]3[C@@]4(C)CC=C6[C@@]7(C[C@]6(C)[C@@H]4[C@@H](O)C(=O)[C@]35C)Oc3ccccc3C7=O)C(=O)O2)[C@@H]1O. The molecular weight excluding hydrogens is 612 g/mol. The number of fused-ring (bicyclic) bond motifs is 7. The quantitative estimate of drug-likeness (QED) is 0.353. The van der Waals surface area contributed by atoms with Crippen LogP contribution in [0.2, 0.25) is 0 Å². The molecule has 0 unspecified atom stereocenters. The highest BCUT2D eigenvalue weighted by Gasteiger charge is 2.87. The fourth-order valence-electron chi connectivity index (χ4n) is 14.0. The zero-order valence-corrected chi connectivity index (χ0v) is 28.2. The van der Waals surface area contributed by atoms with Gasteiger partial charge in [0.15, 0.2) is 17.5 Å². The van der Waals surface area contributed by atoms with Gasteiger partial charge >= 0.3 is 5.97 Å². The van der Waals surface area contributed by atoms with Crippen LogP contribution in [0.25, 0.3) is 0 Å². The maximum Gasteiger partial charge on any atom is 0.312 e. The largest absolute Gasteiger partial charge is 0.474 e. The number of ketones is 2. The predicted molar refractivity (Wildman–Crippen MR) is 169 cm³/mol. The van der Waals surface area contributed by atoms with Crippen LogP contribution in [0.15, 0.2) is 48.1 Å². The van der Waals surface area contributed by atoms with Crippen LogP contribution in [-0.2, 0) is 23.8 Å². The van der Waals surface area contributed by atoms with Crippen LogP contribution in [0.4, 0.5) is 0 Å². The lowest BCUT2D eigenvalue weighted by atomic mass is 9.34. The second kappa shape index (κ2) is 8.36. The van der Waals surface area contributed by atoms with Crippen molar-refractivity contribution in [2.75, 3.05) is 13.7 Å². The summed E-state index contributed by atoms with van der Waals surface area (Å²) in [4.78, 5) is 42.3. The zero-order valence-electron chi connectivity index (χ0n) is 28.2. The van der Waals surface area contributed by atoms with Gasteiger partial charge in [-0.15, -0.1) is 0 Å². The smallest absolute Gasteiger partial charge is 0.312 e. The Morgan fingerprint density at radius 1 is 1.00 bits per heavy atom. The third kappa shape index (κ3) is 2.81. The molecule has 2 spiro atoms. The number of methoxy groups -OCH3 is 1. The first-order valence-electron chi connectivity index (χ1n) is 17.7. The van der Waals surface area contributed by atoms with Crippen molar-refractivity contribution < 1.29 is 43.5 Å². The molecular formula is C39H44O9. The van der Waals surface area contributed by atoms with Gasteiger partial charge in [0, 0.05) is 36.7 Å². The summed E-state index contributed by atoms with van der Waals surface area (Å²) in [5.41, 5.74) is -3.09. The number of carbonyl (C=O) groups excluding carboxylic acids is 3. The zero-order chi connectivity index (χ0) is 33.7. The van der Waals surface area contributed by atoms with Crippen LogP contribution in [0.5, 0.6) is 5.75 Å². The van der Waals surface area contributed by atoms with Gasteiger partial charge in [-0.25, -0.2) is 0 Å². The van der Waals surface area contributed by atoms with Crippen LogP contribution in [-0.4, -0.2) is 70.7 Å². The minimum atomic E-state index is -1.43. The monoisotopic (exact) mass is 656 g/mol. The highest BCUT2D eigenvalue weighted by atomic mass is 16.8. The van der Waals surface area contributed by atoms with Crippen molar-refractivity contribution in [3.63, 3.8) is 0 Å². The van der Waals surface area contributed by atoms with Crippen molar-refractivity contribution in [1.29, 1.82) is 0 Å². The maximum atomic E-state index is 14.9. The number of benzene rings is 1. The van der Waals surface area contributed by atoms with Gasteiger partial charge in [0.2, 0.25) is 11.6 Å². The van der Waals surface area contributed by atoms with E-state index < -0.39 is 51.4 Å². The Morgan fingerprint density at radius 2 is 1.77 bits per heavy atom. The highest BCUT2D eigenvalue weighted by Crippen LogP contribution is 2.89. The third-order valence-corrected chi connectivity index (χ3v) is 16.1. The van der Waals surface area contributed by atoms with Gasteiger partial charge in [-0.1, -0.05) is 51.1 Å². The number of Topliss-reactive ketones (excluding diaryl/α,β-unsaturated/α-hetero) is 2. The molecule has 2 N–H and O–H groups in total. The summed E-state index contributed by atoms with van der Waals surface area (Å²) in [7, 11) is 1.52. The fraction of sp³-hybridized carbons (Fsp3) is 0.667. The Hall–Kier alpha value is -2.85. The summed E-state index contributed by atoms with van der Waals surface area (Å²) < 4.78 is 23.9. The molecule has 3 heterocycles. The summed E-state index contributed by atoms with van der Waals surface area (Å²) in [6.07, 6.45) is 8.09. The van der Waals surface area contributed by atoms with Crippen molar-refractivity contribution in [1.82, 2.24) is 0 Å². The summed E-state index contributed by atoms with van der Waals surface area (Å²) in [6, 6.07) is 7.37. The molecule has 3 aliphatic heterocycles. The number of allylic oxidation sites excluding steroid dienone is 3. The van der Waals surface area contributed by atoms with Gasteiger partial charge in [0.1, 0.15) is 17.5 Å². The van der Waals surface area contributed by atoms with Crippen molar-refractivity contribution in [3.05, 3.63) is 53.6 Å². The lowest BCUT2D eigenvalue weighted by molar-refractivity contribution is -0.223. The number of hydrogen-bond donors (Lipinski definition) is 2. The van der Waals surface area contributed by atoms with Gasteiger partial charge in [-0.05, 0) is 78.4 Å². The molecule has 0 aromatic heterocycles. The minimum absolute atomic E-state index is 0.0299. The molecule has 1 aromatic carbocycles. The number of aliphatic hydroxyl groups excluding tert-OH is 2. The van der Waals surface area contributed by atoms with Crippen LogP contribution >= 0.6 is 0 Å². The molecule has 9 aliphatic rings. The number of esters is 1. The average Bonchev–Trinajstić information content (AvgIpc) is 3.21. The number of hydrogen-bond acceptors (Lipinski definition) is 9. The van der Waals surface area contributed by atoms with Crippen LogP contribution < -0.4 is 4.74 Å². The standard InChI is InChI=1S/C39H44O9/c1-32-13-11-25-33(2,17-38(25)28(41)20-8-6-7-9-23(20)47-38)27(32)26(40)29(42)35(4)24(32)12-14-36-18-37(35,36)15-10-22(36)21-16-39(48-30(21)43)31(44)34(3,45-5)19-46-39/h6-9,11-12,14,21-22,24,26-27,31,40,44H,10,13,15-19H2,1-5H3/t21-,22+,24+,26+,27+,31+,32+,33-,34-,35-,36+,37+,38+,39+/m0/s1. The van der Waals surface area contributed by atoms with E-state index in [0.717, 1.165) is 24.8 Å². The Kier molecular flexibility index (Phi) is 5.23. The Balaban J connectivity index is 1.00. The topological polar surface area (TPSA) is 129 Å². The van der Waals surface area contributed by atoms with E-state index in [4.69, 9.17) is 18.9 Å². The first kappa shape index (κ1) is 30.0. The summed E-state index contributed by atoms with van der Waals surface area (Å²) >= 11 is 0. The number of rotatable bonds is 2. The lowest BCUT2D eigenvalue weighted by Crippen LogP contribution is -2.73. The van der Waals surface area contributed by atoms with Gasteiger partial charge in [-0.2, -0.15) is 0 Å². The van der Waals surface area contributed by atoms with E-state index >= 15 is 0 Å². The number of ether oxygens (including phenoxy) is 4. The average molecular weight is 657 g/mol. The normalized spacial score (nSPS) is 56.4. The third-order valence-electron chi connectivity index (χ3n) is 16.1. The van der Waals surface area contributed by atoms with E-state index in [2.05, 4.69) is 39.0 Å². The van der Waals surface area contributed by atoms with Gasteiger partial charge in [0.25, 0.3) is 0 Å². The molecule has 1 aromatic rings. The molecule has 0 radical (unpaired) electrons. The fourth-order valence-corrected chi connectivity index (χ4v) is 14.0. The minimum Gasteiger partial charge on any atom is -0.474 e. The van der Waals surface area contributed by atoms with Gasteiger partial charge in [-0.3, -0.25) is 14.4 Å². The molecule has 14 atom stereocenters. The lowest BCUT2D eigenvalue weighted by Gasteiger charge is -2.69. The predicted octanol–water partition coefficient (Wildman–Crippen LogP) is 4.34. The molecule has 10 rings (SSSR count). The van der Waals surface area contributed by atoms with E-state index in [1.54, 1.807) is 6.92 Å². The highest BCUT2D eigenvalue weighted by molar-refractivity contribution is 6.11.